The molecule has 6 nitrogen and oxygen atoms in total. The number of amides is 1. The minimum atomic E-state index is -3.45. The van der Waals surface area contributed by atoms with Crippen molar-refractivity contribution in [2.24, 2.45) is 0 Å². The Morgan fingerprint density at radius 2 is 2.00 bits per heavy atom. The number of ether oxygens (including phenoxy) is 1. The second kappa shape index (κ2) is 7.19. The first-order chi connectivity index (χ1) is 9.95. The molecule has 0 atom stereocenters. The molecule has 2 heterocycles. The number of nitrogens with zero attached hydrogens (tertiary/aromatic N) is 2. The first kappa shape index (κ1) is 16.9. The lowest BCUT2D eigenvalue weighted by molar-refractivity contribution is -0.137. The molecule has 0 spiro atoms. The zero-order valence-electron chi connectivity index (χ0n) is 11.6. The number of carbonyl (C=O) groups excluding carboxylic acids is 1. The minimum Gasteiger partial charge on any atom is -0.372 e. The van der Waals surface area contributed by atoms with Crippen molar-refractivity contribution in [3.05, 3.63) is 15.9 Å². The van der Waals surface area contributed by atoms with Gasteiger partial charge in [-0.25, -0.2) is 8.42 Å². The van der Waals surface area contributed by atoms with Crippen LogP contribution in [0.4, 0.5) is 0 Å². The topological polar surface area (TPSA) is 66.9 Å². The normalized spacial score (nSPS) is 17.1. The molecule has 1 aliphatic rings. The van der Waals surface area contributed by atoms with E-state index in [1.165, 1.54) is 15.6 Å². The molecule has 0 unspecified atom stereocenters. The molecule has 1 aromatic heterocycles. The van der Waals surface area contributed by atoms with E-state index in [-0.39, 0.29) is 12.5 Å². The van der Waals surface area contributed by atoms with Gasteiger partial charge in [-0.15, -0.1) is 11.3 Å². The molecule has 118 valence electrons. The van der Waals surface area contributed by atoms with Crippen LogP contribution >= 0.6 is 27.3 Å². The van der Waals surface area contributed by atoms with Gasteiger partial charge >= 0.3 is 0 Å². The van der Waals surface area contributed by atoms with Gasteiger partial charge in [0, 0.05) is 32.8 Å². The van der Waals surface area contributed by atoms with E-state index in [9.17, 15) is 13.2 Å². The molecule has 1 aliphatic heterocycles. The van der Waals surface area contributed by atoms with E-state index in [0.29, 0.717) is 37.0 Å². The first-order valence-corrected chi connectivity index (χ1v) is 9.61. The van der Waals surface area contributed by atoms with Crippen LogP contribution in [-0.2, 0) is 19.6 Å². The van der Waals surface area contributed by atoms with Crippen LogP contribution in [0.15, 0.2) is 20.1 Å². The minimum absolute atomic E-state index is 0.0567. The molecule has 9 heteroatoms. The smallest absolute Gasteiger partial charge is 0.252 e. The van der Waals surface area contributed by atoms with Crippen molar-refractivity contribution in [2.45, 2.75) is 11.1 Å². The summed E-state index contributed by atoms with van der Waals surface area (Å²) in [6.45, 7) is 3.81. The fourth-order valence-corrected chi connectivity index (χ4v) is 5.61. The Morgan fingerprint density at radius 3 is 2.52 bits per heavy atom. The molecule has 0 N–H and O–H groups in total. The predicted molar refractivity (Wildman–Crippen MR) is 83.9 cm³/mol. The van der Waals surface area contributed by atoms with E-state index in [1.54, 1.807) is 17.0 Å². The number of thiophene rings is 1. The molecule has 0 bridgehead atoms. The monoisotopic (exact) mass is 396 g/mol. The van der Waals surface area contributed by atoms with Crippen LogP contribution in [0.25, 0.3) is 0 Å². The quantitative estimate of drug-likeness (QED) is 0.753. The highest BCUT2D eigenvalue weighted by atomic mass is 79.9. The van der Waals surface area contributed by atoms with Gasteiger partial charge in [0.25, 0.3) is 10.0 Å². The van der Waals surface area contributed by atoms with Gasteiger partial charge < -0.3 is 9.64 Å². The van der Waals surface area contributed by atoms with E-state index in [4.69, 9.17) is 4.74 Å². The molecular formula is C12H17BrN2O4S2. The summed E-state index contributed by atoms with van der Waals surface area (Å²) in [6.07, 6.45) is 0. The number of rotatable bonds is 5. The summed E-state index contributed by atoms with van der Waals surface area (Å²) in [5.41, 5.74) is 0. The van der Waals surface area contributed by atoms with Crippen molar-refractivity contribution in [1.82, 2.24) is 9.21 Å². The van der Waals surface area contributed by atoms with E-state index in [1.807, 2.05) is 6.92 Å². The van der Waals surface area contributed by atoms with Gasteiger partial charge in [-0.05, 0) is 35.0 Å². The zero-order chi connectivity index (χ0) is 15.5. The first-order valence-electron chi connectivity index (χ1n) is 6.56. The van der Waals surface area contributed by atoms with Crippen molar-refractivity contribution in [2.75, 3.05) is 39.4 Å². The van der Waals surface area contributed by atoms with Gasteiger partial charge in [-0.1, -0.05) is 0 Å². The molecule has 0 saturated carbocycles. The van der Waals surface area contributed by atoms with Crippen LogP contribution in [0, 0.1) is 0 Å². The summed E-state index contributed by atoms with van der Waals surface area (Å²) >= 11 is 4.46. The highest BCUT2D eigenvalue weighted by molar-refractivity contribution is 9.11. The lowest BCUT2D eigenvalue weighted by Gasteiger charge is -2.33. The number of hydrogen-bond donors (Lipinski definition) is 0. The molecule has 0 aliphatic carbocycles. The highest BCUT2D eigenvalue weighted by Gasteiger charge is 2.30. The molecule has 0 radical (unpaired) electrons. The van der Waals surface area contributed by atoms with Gasteiger partial charge in [0.05, 0.1) is 3.79 Å². The Kier molecular flexibility index (Phi) is 5.78. The average molecular weight is 397 g/mol. The fraction of sp³-hybridized carbons (Fsp3) is 0.583. The van der Waals surface area contributed by atoms with Crippen molar-refractivity contribution in [3.8, 4) is 0 Å². The van der Waals surface area contributed by atoms with Crippen LogP contribution in [-0.4, -0.2) is 62.9 Å². The Labute approximate surface area is 136 Å². The summed E-state index contributed by atoms with van der Waals surface area (Å²) in [6, 6.07) is 3.32. The maximum absolute atomic E-state index is 12.4. The lowest BCUT2D eigenvalue weighted by atomic mass is 10.3. The van der Waals surface area contributed by atoms with Crippen LogP contribution < -0.4 is 0 Å². The summed E-state index contributed by atoms with van der Waals surface area (Å²) in [4.78, 5) is 13.5. The fourth-order valence-electron chi connectivity index (χ4n) is 2.02. The van der Waals surface area contributed by atoms with E-state index < -0.39 is 10.0 Å². The van der Waals surface area contributed by atoms with Crippen molar-refractivity contribution >= 4 is 43.2 Å². The summed E-state index contributed by atoms with van der Waals surface area (Å²) in [5.74, 6) is -0.0900. The van der Waals surface area contributed by atoms with Gasteiger partial charge in [0.15, 0.2) is 0 Å². The SMILES string of the molecule is CCOCC(=O)N1CCN(S(=O)(=O)c2ccc(Br)s2)CC1. The Balaban J connectivity index is 1.96. The number of hydrogen-bond acceptors (Lipinski definition) is 5. The van der Waals surface area contributed by atoms with E-state index in [0.717, 1.165) is 3.79 Å². The average Bonchev–Trinajstić information content (AvgIpc) is 2.92. The number of carbonyl (C=O) groups is 1. The second-order valence-corrected chi connectivity index (χ2v) is 9.11. The van der Waals surface area contributed by atoms with Gasteiger partial charge in [0.2, 0.25) is 5.91 Å². The standard InChI is InChI=1S/C12H17BrN2O4S2/c1-2-19-9-11(16)14-5-7-15(8-6-14)21(17,18)12-4-3-10(13)20-12/h3-4H,2,5-9H2,1H3. The molecule has 0 aromatic carbocycles. The molecule has 1 aromatic rings. The van der Waals surface area contributed by atoms with Crippen molar-refractivity contribution < 1.29 is 17.9 Å². The maximum Gasteiger partial charge on any atom is 0.252 e. The molecule has 1 saturated heterocycles. The van der Waals surface area contributed by atoms with Crippen LogP contribution in [0.1, 0.15) is 6.92 Å². The Morgan fingerprint density at radius 1 is 1.33 bits per heavy atom. The largest absolute Gasteiger partial charge is 0.372 e. The summed E-state index contributed by atoms with van der Waals surface area (Å²) in [5, 5.41) is 0. The van der Waals surface area contributed by atoms with E-state index >= 15 is 0 Å². The Hall–Kier alpha value is -0.480. The highest BCUT2D eigenvalue weighted by Crippen LogP contribution is 2.28. The van der Waals surface area contributed by atoms with Crippen molar-refractivity contribution in [3.63, 3.8) is 0 Å². The Bertz CT molecular complexity index is 594. The van der Waals surface area contributed by atoms with Crippen LogP contribution in [0.2, 0.25) is 0 Å². The van der Waals surface area contributed by atoms with Gasteiger partial charge in [0.1, 0.15) is 10.8 Å². The third-order valence-corrected chi connectivity index (χ3v) is 7.15. The van der Waals surface area contributed by atoms with Crippen molar-refractivity contribution in [1.29, 1.82) is 0 Å². The molecule has 21 heavy (non-hydrogen) atoms. The number of piperazine rings is 1. The molecular weight excluding hydrogens is 380 g/mol. The van der Waals surface area contributed by atoms with Crippen LogP contribution in [0.3, 0.4) is 0 Å². The number of halogens is 1. The third-order valence-electron chi connectivity index (χ3n) is 3.16. The zero-order valence-corrected chi connectivity index (χ0v) is 14.8. The lowest BCUT2D eigenvalue weighted by Crippen LogP contribution is -2.51. The molecule has 2 rings (SSSR count). The number of sulfonamides is 1. The summed E-state index contributed by atoms with van der Waals surface area (Å²) < 4.78 is 32.5. The van der Waals surface area contributed by atoms with Crippen LogP contribution in [0.5, 0.6) is 0 Å². The third kappa shape index (κ3) is 4.04. The predicted octanol–water partition coefficient (Wildman–Crippen LogP) is 1.38. The maximum atomic E-state index is 12.4. The van der Waals surface area contributed by atoms with Gasteiger partial charge in [-0.3, -0.25) is 4.79 Å². The second-order valence-electron chi connectivity index (χ2n) is 4.48. The van der Waals surface area contributed by atoms with E-state index in [2.05, 4.69) is 15.9 Å². The summed E-state index contributed by atoms with van der Waals surface area (Å²) in [7, 11) is -3.45. The van der Waals surface area contributed by atoms with Gasteiger partial charge in [-0.2, -0.15) is 4.31 Å². The molecule has 1 amide bonds. The molecule has 1 fully saturated rings.